The van der Waals surface area contributed by atoms with Crippen molar-refractivity contribution in [2.45, 2.75) is 37.1 Å². The fourth-order valence-corrected chi connectivity index (χ4v) is 5.42. The molecule has 32 heavy (non-hydrogen) atoms. The molecule has 2 bridgehead atoms. The third-order valence-corrected chi connectivity index (χ3v) is 7.37. The summed E-state index contributed by atoms with van der Waals surface area (Å²) in [4.78, 5) is 4.50. The zero-order chi connectivity index (χ0) is 22.1. The average Bonchev–Trinajstić information content (AvgIpc) is 3.20. The predicted octanol–water partition coefficient (Wildman–Crippen LogP) is 2.28. The molecule has 0 amide bonds. The van der Waals surface area contributed by atoms with Crippen molar-refractivity contribution in [3.8, 4) is 11.8 Å². The number of ether oxygens (including phenoxy) is 1. The third kappa shape index (κ3) is 4.29. The number of rotatable bonds is 4. The first-order valence-electron chi connectivity index (χ1n) is 11.6. The Balaban J connectivity index is 1.46. The summed E-state index contributed by atoms with van der Waals surface area (Å²) in [7, 11) is 1.65. The maximum Gasteiger partial charge on any atom is 0.141 e. The normalized spacial score (nSPS) is 31.4. The number of aliphatic hydroxyl groups is 2. The zero-order valence-corrected chi connectivity index (χ0v) is 18.7. The monoisotopic (exact) mass is 432 g/mol. The van der Waals surface area contributed by atoms with Gasteiger partial charge < -0.3 is 19.8 Å². The number of fused-ring (bicyclic) bond motifs is 3. The van der Waals surface area contributed by atoms with E-state index in [0.29, 0.717) is 19.6 Å². The minimum atomic E-state index is -0.913. The van der Waals surface area contributed by atoms with E-state index in [1.165, 1.54) is 5.56 Å². The van der Waals surface area contributed by atoms with Gasteiger partial charge in [-0.2, -0.15) is 0 Å². The standard InChI is InChI=1S/C27H32N2O3/c1-32-26-18-29(17-25(26)30)24-8-7-21(22(16-24)15-20-5-3-2-4-6-20)9-12-27(31)19-28-13-10-23(27)11-14-28/h2-8,16,23,25-26,30-31H,10-11,13-15,17-19H2,1H3. The molecule has 3 atom stereocenters. The van der Waals surface area contributed by atoms with Crippen molar-refractivity contribution in [1.29, 1.82) is 0 Å². The topological polar surface area (TPSA) is 56.2 Å². The van der Waals surface area contributed by atoms with Gasteiger partial charge in [-0.3, -0.25) is 4.90 Å². The molecule has 2 N–H and O–H groups in total. The fourth-order valence-electron chi connectivity index (χ4n) is 5.42. The number of aliphatic hydroxyl groups excluding tert-OH is 1. The number of β-amino-alcohol motifs (C(OH)–C–C–N with tert-alkyl or cyclic N) is 1. The van der Waals surface area contributed by atoms with E-state index in [2.05, 4.69) is 64.1 Å². The molecule has 0 aromatic heterocycles. The Morgan fingerprint density at radius 3 is 2.53 bits per heavy atom. The summed E-state index contributed by atoms with van der Waals surface area (Å²) < 4.78 is 5.42. The summed E-state index contributed by atoms with van der Waals surface area (Å²) in [5, 5.41) is 21.5. The van der Waals surface area contributed by atoms with Gasteiger partial charge in [-0.15, -0.1) is 0 Å². The summed E-state index contributed by atoms with van der Waals surface area (Å²) in [6, 6.07) is 16.7. The van der Waals surface area contributed by atoms with Crippen LogP contribution < -0.4 is 4.90 Å². The Kier molecular flexibility index (Phi) is 5.96. The Hall–Kier alpha value is -2.36. The largest absolute Gasteiger partial charge is 0.388 e. The first kappa shape index (κ1) is 21.5. The van der Waals surface area contributed by atoms with E-state index in [1.807, 2.05) is 6.07 Å². The highest BCUT2D eigenvalue weighted by Crippen LogP contribution is 2.35. The number of benzene rings is 2. The van der Waals surface area contributed by atoms with Crippen molar-refractivity contribution in [1.82, 2.24) is 4.90 Å². The van der Waals surface area contributed by atoms with Gasteiger partial charge in [0.1, 0.15) is 11.7 Å². The van der Waals surface area contributed by atoms with Crippen molar-refractivity contribution < 1.29 is 14.9 Å². The van der Waals surface area contributed by atoms with Crippen molar-refractivity contribution >= 4 is 5.69 Å². The number of hydrogen-bond acceptors (Lipinski definition) is 5. The number of hydrogen-bond donors (Lipinski definition) is 2. The second-order valence-corrected chi connectivity index (χ2v) is 9.47. The van der Waals surface area contributed by atoms with Crippen LogP contribution in [0.4, 0.5) is 5.69 Å². The molecule has 4 heterocycles. The van der Waals surface area contributed by atoms with Crippen LogP contribution in [0, 0.1) is 17.8 Å². The summed E-state index contributed by atoms with van der Waals surface area (Å²) in [5.41, 5.74) is 3.49. The smallest absolute Gasteiger partial charge is 0.141 e. The number of anilines is 1. The maximum atomic E-state index is 11.3. The fraction of sp³-hybridized carbons (Fsp3) is 0.481. The van der Waals surface area contributed by atoms with Gasteiger partial charge in [0.15, 0.2) is 0 Å². The summed E-state index contributed by atoms with van der Waals surface area (Å²) >= 11 is 0. The van der Waals surface area contributed by atoms with E-state index in [9.17, 15) is 10.2 Å². The van der Waals surface area contributed by atoms with E-state index >= 15 is 0 Å². The van der Waals surface area contributed by atoms with Gasteiger partial charge in [0.2, 0.25) is 0 Å². The van der Waals surface area contributed by atoms with Gasteiger partial charge in [0.25, 0.3) is 0 Å². The van der Waals surface area contributed by atoms with Crippen LogP contribution >= 0.6 is 0 Å². The molecule has 3 unspecified atom stereocenters. The Labute approximate surface area is 190 Å². The highest BCUT2D eigenvalue weighted by molar-refractivity contribution is 5.57. The van der Waals surface area contributed by atoms with Gasteiger partial charge >= 0.3 is 0 Å². The lowest BCUT2D eigenvalue weighted by atomic mass is 9.75. The van der Waals surface area contributed by atoms with Gasteiger partial charge in [0.05, 0.1) is 6.10 Å². The van der Waals surface area contributed by atoms with Crippen molar-refractivity contribution in [3.05, 3.63) is 65.2 Å². The summed E-state index contributed by atoms with van der Waals surface area (Å²) in [6.45, 7) is 4.04. The molecule has 4 aliphatic heterocycles. The Bertz CT molecular complexity index is 1010. The molecule has 2 aromatic carbocycles. The summed E-state index contributed by atoms with van der Waals surface area (Å²) in [5.74, 6) is 6.90. The number of piperidine rings is 3. The molecule has 5 heteroatoms. The second kappa shape index (κ2) is 8.88. The maximum absolute atomic E-state index is 11.3. The van der Waals surface area contributed by atoms with Crippen molar-refractivity contribution in [2.75, 3.05) is 44.7 Å². The summed E-state index contributed by atoms with van der Waals surface area (Å²) in [6.07, 6.45) is 2.18. The lowest BCUT2D eigenvalue weighted by Crippen LogP contribution is -2.58. The van der Waals surface area contributed by atoms with Gasteiger partial charge in [0, 0.05) is 43.9 Å². The molecule has 0 spiro atoms. The van der Waals surface area contributed by atoms with Gasteiger partial charge in [-0.05, 0) is 61.7 Å². The lowest BCUT2D eigenvalue weighted by molar-refractivity contribution is -0.0713. The minimum absolute atomic E-state index is 0.169. The molecule has 2 aromatic rings. The Morgan fingerprint density at radius 2 is 1.88 bits per heavy atom. The van der Waals surface area contributed by atoms with E-state index in [4.69, 9.17) is 4.74 Å². The molecule has 6 rings (SSSR count). The van der Waals surface area contributed by atoms with E-state index in [-0.39, 0.29) is 12.0 Å². The quantitative estimate of drug-likeness (QED) is 0.726. The molecule has 0 radical (unpaired) electrons. The van der Waals surface area contributed by atoms with Crippen LogP contribution in [0.5, 0.6) is 0 Å². The number of methoxy groups -OCH3 is 1. The molecule has 0 saturated carbocycles. The second-order valence-electron chi connectivity index (χ2n) is 9.47. The van der Waals surface area contributed by atoms with E-state index < -0.39 is 11.7 Å². The van der Waals surface area contributed by atoms with Crippen LogP contribution in [-0.2, 0) is 11.2 Å². The minimum Gasteiger partial charge on any atom is -0.388 e. The van der Waals surface area contributed by atoms with Crippen LogP contribution in [0.15, 0.2) is 48.5 Å². The SMILES string of the molecule is COC1CN(c2ccc(C#CC3(O)CN4CCC3CC4)c(Cc3ccccc3)c2)CC1O. The predicted molar refractivity (Wildman–Crippen MR) is 126 cm³/mol. The zero-order valence-electron chi connectivity index (χ0n) is 18.7. The van der Waals surface area contributed by atoms with Crippen molar-refractivity contribution in [3.63, 3.8) is 0 Å². The molecule has 4 fully saturated rings. The highest BCUT2D eigenvalue weighted by Gasteiger charge is 2.44. The van der Waals surface area contributed by atoms with Crippen LogP contribution in [0.3, 0.4) is 0 Å². The van der Waals surface area contributed by atoms with Crippen molar-refractivity contribution in [2.24, 2.45) is 5.92 Å². The molecular weight excluding hydrogens is 400 g/mol. The first-order chi connectivity index (χ1) is 15.5. The van der Waals surface area contributed by atoms with Crippen LogP contribution in [0.2, 0.25) is 0 Å². The Morgan fingerprint density at radius 1 is 1.09 bits per heavy atom. The highest BCUT2D eigenvalue weighted by atomic mass is 16.5. The first-order valence-corrected chi connectivity index (χ1v) is 11.6. The van der Waals surface area contributed by atoms with Crippen LogP contribution in [-0.4, -0.2) is 72.8 Å². The van der Waals surface area contributed by atoms with Crippen LogP contribution in [0.1, 0.15) is 29.5 Å². The molecular formula is C27H32N2O3. The number of nitrogens with zero attached hydrogens (tertiary/aromatic N) is 2. The van der Waals surface area contributed by atoms with Gasteiger partial charge in [-0.1, -0.05) is 42.2 Å². The van der Waals surface area contributed by atoms with E-state index in [1.54, 1.807) is 7.11 Å². The molecule has 4 aliphatic rings. The lowest BCUT2D eigenvalue weighted by Gasteiger charge is -2.47. The van der Waals surface area contributed by atoms with Gasteiger partial charge in [-0.25, -0.2) is 0 Å². The average molecular weight is 433 g/mol. The molecule has 0 aliphatic carbocycles. The van der Waals surface area contributed by atoms with Crippen LogP contribution in [0.25, 0.3) is 0 Å². The molecule has 168 valence electrons. The molecule has 5 nitrogen and oxygen atoms in total. The molecule has 4 saturated heterocycles. The van der Waals surface area contributed by atoms with E-state index in [0.717, 1.165) is 49.2 Å². The third-order valence-electron chi connectivity index (χ3n) is 7.37.